The zero-order chi connectivity index (χ0) is 25.8. The second-order valence-electron chi connectivity index (χ2n) is 9.22. The van der Waals surface area contributed by atoms with Crippen LogP contribution in [0.2, 0.25) is 5.02 Å². The van der Waals surface area contributed by atoms with Crippen LogP contribution in [0.15, 0.2) is 48.1 Å². The molecule has 198 valence electrons. The van der Waals surface area contributed by atoms with Crippen molar-refractivity contribution in [1.29, 1.82) is 0 Å². The maximum absolute atomic E-state index is 13.0. The predicted molar refractivity (Wildman–Crippen MR) is 140 cm³/mol. The van der Waals surface area contributed by atoms with Gasteiger partial charge in [-0.15, -0.1) is 0 Å². The summed E-state index contributed by atoms with van der Waals surface area (Å²) in [6.07, 6.45) is 8.77. The Morgan fingerprint density at radius 2 is 2.14 bits per heavy atom. The Hall–Kier alpha value is -2.39. The molecule has 3 rings (SSSR count). The quantitative estimate of drug-likeness (QED) is 0.364. The van der Waals surface area contributed by atoms with Crippen LogP contribution in [0.3, 0.4) is 0 Å². The van der Waals surface area contributed by atoms with E-state index in [1.807, 2.05) is 43.5 Å². The minimum Gasteiger partial charge on any atom is -0.453 e. The molecule has 1 unspecified atom stereocenters. The van der Waals surface area contributed by atoms with E-state index in [4.69, 9.17) is 21.1 Å². The fourth-order valence-corrected chi connectivity index (χ4v) is 4.87. The van der Waals surface area contributed by atoms with Gasteiger partial charge in [0.15, 0.2) is 0 Å². The molecule has 2 amide bonds. The molecule has 9 heteroatoms. The van der Waals surface area contributed by atoms with Gasteiger partial charge in [0, 0.05) is 48.9 Å². The zero-order valence-corrected chi connectivity index (χ0v) is 21.9. The number of carbonyl (C=O) groups excluding carboxylic acids is 2. The van der Waals surface area contributed by atoms with Crippen LogP contribution >= 0.6 is 11.6 Å². The van der Waals surface area contributed by atoms with Crippen molar-refractivity contribution in [3.63, 3.8) is 0 Å². The number of hydrogen-bond acceptors (Lipinski definition) is 6. The molecular formula is C27H38ClN3O5. The molecule has 1 fully saturated rings. The fourth-order valence-electron chi connectivity index (χ4n) is 4.67. The number of amides is 2. The number of allylic oxidation sites excluding steroid dienone is 2. The predicted octanol–water partition coefficient (Wildman–Crippen LogP) is 3.78. The van der Waals surface area contributed by atoms with Crippen LogP contribution in [0.1, 0.15) is 37.4 Å². The molecule has 1 aliphatic heterocycles. The van der Waals surface area contributed by atoms with Gasteiger partial charge in [0.25, 0.3) is 0 Å². The molecule has 2 aliphatic rings. The van der Waals surface area contributed by atoms with Crippen LogP contribution in [0, 0.1) is 11.8 Å². The van der Waals surface area contributed by atoms with Gasteiger partial charge in [0.1, 0.15) is 0 Å². The van der Waals surface area contributed by atoms with Crippen molar-refractivity contribution in [2.24, 2.45) is 11.8 Å². The third-order valence-electron chi connectivity index (χ3n) is 6.61. The number of hydrogen-bond donors (Lipinski definition) is 3. The van der Waals surface area contributed by atoms with E-state index < -0.39 is 6.09 Å². The maximum Gasteiger partial charge on any atom is 0.406 e. The molecule has 0 saturated carbocycles. The molecule has 1 saturated heterocycles. The highest BCUT2D eigenvalue weighted by molar-refractivity contribution is 6.30. The van der Waals surface area contributed by atoms with Crippen molar-refractivity contribution in [2.75, 3.05) is 47.1 Å². The Morgan fingerprint density at radius 1 is 1.28 bits per heavy atom. The number of halogens is 1. The first-order valence-corrected chi connectivity index (χ1v) is 13.0. The summed E-state index contributed by atoms with van der Waals surface area (Å²) in [5.41, 5.74) is 1.63. The summed E-state index contributed by atoms with van der Waals surface area (Å²) in [5.74, 6) is 0.395. The van der Waals surface area contributed by atoms with E-state index in [0.29, 0.717) is 36.0 Å². The number of benzene rings is 1. The average molecular weight is 520 g/mol. The molecule has 36 heavy (non-hydrogen) atoms. The number of likely N-dealkylation sites (N-methyl/N-ethyl adjacent to an activating group) is 1. The SMILES string of the molecule is CN[C@H](CNC(=O)C1=CC=CC([C@@H](OCCNC(=O)OC)c2cccc(Cl)c2)C1)C[C@H]1CCCOC1. The van der Waals surface area contributed by atoms with Crippen LogP contribution in [0.4, 0.5) is 4.79 Å². The van der Waals surface area contributed by atoms with Crippen molar-refractivity contribution < 1.29 is 23.8 Å². The second-order valence-corrected chi connectivity index (χ2v) is 9.66. The molecule has 1 aromatic carbocycles. The summed E-state index contributed by atoms with van der Waals surface area (Å²) in [5, 5.41) is 9.67. The summed E-state index contributed by atoms with van der Waals surface area (Å²) in [4.78, 5) is 24.4. The highest BCUT2D eigenvalue weighted by atomic mass is 35.5. The smallest absolute Gasteiger partial charge is 0.406 e. The molecule has 8 nitrogen and oxygen atoms in total. The third kappa shape index (κ3) is 8.92. The van der Waals surface area contributed by atoms with E-state index >= 15 is 0 Å². The van der Waals surface area contributed by atoms with Crippen LogP contribution in [-0.4, -0.2) is 65.1 Å². The van der Waals surface area contributed by atoms with Gasteiger partial charge in [-0.25, -0.2) is 4.79 Å². The molecule has 0 radical (unpaired) electrons. The lowest BCUT2D eigenvalue weighted by molar-refractivity contribution is -0.118. The number of carbonyl (C=O) groups is 2. The monoisotopic (exact) mass is 519 g/mol. The Bertz CT molecular complexity index is 916. The molecule has 0 aromatic heterocycles. The van der Waals surface area contributed by atoms with E-state index in [1.165, 1.54) is 13.5 Å². The van der Waals surface area contributed by atoms with E-state index in [2.05, 4.69) is 26.8 Å². The number of alkyl carbamates (subject to hydrolysis) is 1. The summed E-state index contributed by atoms with van der Waals surface area (Å²) in [6, 6.07) is 7.72. The molecule has 4 atom stereocenters. The second kappa shape index (κ2) is 15.0. The summed E-state index contributed by atoms with van der Waals surface area (Å²) < 4.78 is 16.4. The molecule has 0 bridgehead atoms. The molecule has 1 aliphatic carbocycles. The van der Waals surface area contributed by atoms with Gasteiger partial charge in [-0.2, -0.15) is 0 Å². The molecule has 0 spiro atoms. The Morgan fingerprint density at radius 3 is 2.86 bits per heavy atom. The highest BCUT2D eigenvalue weighted by Gasteiger charge is 2.27. The molecular weight excluding hydrogens is 482 g/mol. The van der Waals surface area contributed by atoms with Gasteiger partial charge < -0.3 is 30.2 Å². The van der Waals surface area contributed by atoms with Crippen LogP contribution in [-0.2, 0) is 19.0 Å². The van der Waals surface area contributed by atoms with E-state index in [1.54, 1.807) is 0 Å². The van der Waals surface area contributed by atoms with Gasteiger partial charge in [0.2, 0.25) is 5.91 Å². The Balaban J connectivity index is 1.58. The first-order chi connectivity index (χ1) is 17.5. The lowest BCUT2D eigenvalue weighted by Gasteiger charge is -2.29. The largest absolute Gasteiger partial charge is 0.453 e. The Labute approximate surface area is 218 Å². The lowest BCUT2D eigenvalue weighted by atomic mass is 9.86. The number of rotatable bonds is 12. The summed E-state index contributed by atoms with van der Waals surface area (Å²) in [6.45, 7) is 2.80. The molecule has 1 heterocycles. The molecule has 1 aromatic rings. The third-order valence-corrected chi connectivity index (χ3v) is 6.85. The summed E-state index contributed by atoms with van der Waals surface area (Å²) >= 11 is 6.25. The maximum atomic E-state index is 13.0. The van der Waals surface area contributed by atoms with Gasteiger partial charge in [0.05, 0.1) is 19.8 Å². The minimum absolute atomic E-state index is 0.0631. The lowest BCUT2D eigenvalue weighted by Crippen LogP contribution is -2.42. The van der Waals surface area contributed by atoms with Crippen molar-refractivity contribution in [3.8, 4) is 0 Å². The first kappa shape index (κ1) is 28.2. The van der Waals surface area contributed by atoms with Crippen LogP contribution in [0.25, 0.3) is 0 Å². The van der Waals surface area contributed by atoms with E-state index in [-0.39, 0.29) is 30.6 Å². The fraction of sp³-hybridized carbons (Fsp3) is 0.556. The van der Waals surface area contributed by atoms with Gasteiger partial charge in [-0.1, -0.05) is 42.0 Å². The number of nitrogens with one attached hydrogen (secondary N) is 3. The summed E-state index contributed by atoms with van der Waals surface area (Å²) in [7, 11) is 3.25. The highest BCUT2D eigenvalue weighted by Crippen LogP contribution is 2.35. The van der Waals surface area contributed by atoms with Gasteiger partial charge in [-0.3, -0.25) is 4.79 Å². The van der Waals surface area contributed by atoms with Crippen molar-refractivity contribution >= 4 is 23.6 Å². The van der Waals surface area contributed by atoms with Crippen LogP contribution < -0.4 is 16.0 Å². The van der Waals surface area contributed by atoms with E-state index in [0.717, 1.165) is 31.6 Å². The van der Waals surface area contributed by atoms with Crippen molar-refractivity contribution in [3.05, 3.63) is 58.7 Å². The van der Waals surface area contributed by atoms with Crippen molar-refractivity contribution in [2.45, 2.75) is 37.8 Å². The van der Waals surface area contributed by atoms with Gasteiger partial charge in [-0.05, 0) is 56.3 Å². The zero-order valence-electron chi connectivity index (χ0n) is 21.1. The van der Waals surface area contributed by atoms with Crippen LogP contribution in [0.5, 0.6) is 0 Å². The van der Waals surface area contributed by atoms with Gasteiger partial charge >= 0.3 is 6.09 Å². The number of ether oxygens (including phenoxy) is 3. The molecule has 3 N–H and O–H groups in total. The number of methoxy groups -OCH3 is 1. The van der Waals surface area contributed by atoms with E-state index in [9.17, 15) is 9.59 Å². The van der Waals surface area contributed by atoms with Crippen molar-refractivity contribution in [1.82, 2.24) is 16.0 Å². The first-order valence-electron chi connectivity index (χ1n) is 12.6. The topological polar surface area (TPSA) is 97.9 Å². The average Bonchev–Trinajstić information content (AvgIpc) is 2.91. The Kier molecular flexibility index (Phi) is 11.7. The standard InChI is InChI=1S/C27H38ClN3O5/c1-29-24(14-19-6-5-12-35-18-19)17-31-26(32)22-9-3-7-20(15-22)25(21-8-4-10-23(28)16-21)36-13-11-30-27(33)34-2/h3-4,7-10,16,19-20,24-25,29H,5-6,11-15,17-18H2,1-2H3,(H,30,33)(H,31,32)/t19-,20?,24+,25-/m1/s1. The minimum atomic E-state index is -0.506. The normalized spacial score (nSPS) is 21.2.